The van der Waals surface area contributed by atoms with Crippen molar-refractivity contribution in [2.75, 3.05) is 0 Å². The van der Waals surface area contributed by atoms with Crippen LogP contribution in [-0.2, 0) is 0 Å². The maximum absolute atomic E-state index is 2.32. The standard InChI is InChI=1S/C15H28/c1-4-5-6-7-8-9-10-11-12-13-14-15(2)3/h8-9,11-12,15H,4-7,10,13-14H2,1-3H3/b9-8-,12-11-. The van der Waals surface area contributed by atoms with E-state index >= 15 is 0 Å². The molecule has 0 heterocycles. The molecular formula is C15H28. The third-order valence-corrected chi connectivity index (χ3v) is 2.49. The van der Waals surface area contributed by atoms with Gasteiger partial charge >= 0.3 is 0 Å². The van der Waals surface area contributed by atoms with Gasteiger partial charge < -0.3 is 0 Å². The molecule has 0 aliphatic carbocycles. The van der Waals surface area contributed by atoms with Gasteiger partial charge in [-0.2, -0.15) is 0 Å². The monoisotopic (exact) mass is 208 g/mol. The maximum atomic E-state index is 2.32. The minimum Gasteiger partial charge on any atom is -0.0882 e. The molecule has 0 nitrogen and oxygen atoms in total. The van der Waals surface area contributed by atoms with Gasteiger partial charge in [-0.3, -0.25) is 0 Å². The fourth-order valence-corrected chi connectivity index (χ4v) is 1.45. The Hall–Kier alpha value is -0.520. The average molecular weight is 208 g/mol. The summed E-state index contributed by atoms with van der Waals surface area (Å²) in [6, 6.07) is 0. The van der Waals surface area contributed by atoms with Crippen LogP contribution in [0.4, 0.5) is 0 Å². The number of allylic oxidation sites excluding steroid dienone is 4. The molecule has 0 heteroatoms. The van der Waals surface area contributed by atoms with Crippen molar-refractivity contribution in [3.05, 3.63) is 24.3 Å². The molecule has 0 saturated heterocycles. The van der Waals surface area contributed by atoms with E-state index in [9.17, 15) is 0 Å². The highest BCUT2D eigenvalue weighted by molar-refractivity contribution is 4.92. The second-order valence-corrected chi connectivity index (χ2v) is 4.65. The summed E-state index contributed by atoms with van der Waals surface area (Å²) in [4.78, 5) is 0. The second-order valence-electron chi connectivity index (χ2n) is 4.65. The molecule has 0 radical (unpaired) electrons. The van der Waals surface area contributed by atoms with Crippen LogP contribution in [0.15, 0.2) is 24.3 Å². The molecule has 0 atom stereocenters. The molecule has 0 saturated carbocycles. The maximum Gasteiger partial charge on any atom is -0.0169 e. The fraction of sp³-hybridized carbons (Fsp3) is 0.733. The first-order valence-corrected chi connectivity index (χ1v) is 6.57. The van der Waals surface area contributed by atoms with E-state index in [0.29, 0.717) is 0 Å². The average Bonchev–Trinajstić information content (AvgIpc) is 2.20. The lowest BCUT2D eigenvalue weighted by atomic mass is 10.1. The van der Waals surface area contributed by atoms with Gasteiger partial charge in [0.25, 0.3) is 0 Å². The van der Waals surface area contributed by atoms with Crippen LogP contribution >= 0.6 is 0 Å². The smallest absolute Gasteiger partial charge is 0.0169 e. The van der Waals surface area contributed by atoms with E-state index in [2.05, 4.69) is 45.1 Å². The number of unbranched alkanes of at least 4 members (excludes halogenated alkanes) is 3. The zero-order chi connectivity index (χ0) is 11.4. The summed E-state index contributed by atoms with van der Waals surface area (Å²) >= 11 is 0. The van der Waals surface area contributed by atoms with Gasteiger partial charge in [-0.25, -0.2) is 0 Å². The Kier molecular flexibility index (Phi) is 11.2. The Balaban J connectivity index is 3.21. The van der Waals surface area contributed by atoms with Crippen LogP contribution in [0, 0.1) is 5.92 Å². The molecule has 0 spiro atoms. The van der Waals surface area contributed by atoms with Gasteiger partial charge in [0.15, 0.2) is 0 Å². The molecule has 0 aliphatic rings. The van der Waals surface area contributed by atoms with Gasteiger partial charge in [0.05, 0.1) is 0 Å². The van der Waals surface area contributed by atoms with E-state index in [-0.39, 0.29) is 0 Å². The van der Waals surface area contributed by atoms with Crippen LogP contribution in [0.3, 0.4) is 0 Å². The lowest BCUT2D eigenvalue weighted by molar-refractivity contribution is 0.594. The van der Waals surface area contributed by atoms with Crippen molar-refractivity contribution in [2.45, 2.75) is 65.7 Å². The first kappa shape index (κ1) is 14.5. The third kappa shape index (κ3) is 13.5. The zero-order valence-corrected chi connectivity index (χ0v) is 10.8. The summed E-state index contributed by atoms with van der Waals surface area (Å²) in [6.45, 7) is 6.81. The van der Waals surface area contributed by atoms with Gasteiger partial charge in [-0.15, -0.1) is 0 Å². The zero-order valence-electron chi connectivity index (χ0n) is 10.8. The van der Waals surface area contributed by atoms with Gasteiger partial charge in [0, 0.05) is 0 Å². The summed E-state index contributed by atoms with van der Waals surface area (Å²) < 4.78 is 0. The third-order valence-electron chi connectivity index (χ3n) is 2.49. The Labute approximate surface area is 96.5 Å². The highest BCUT2D eigenvalue weighted by Gasteiger charge is 1.88. The summed E-state index contributed by atoms with van der Waals surface area (Å²) in [5, 5.41) is 0. The second kappa shape index (κ2) is 11.6. The number of hydrogen-bond donors (Lipinski definition) is 0. The minimum absolute atomic E-state index is 0.833. The van der Waals surface area contributed by atoms with E-state index < -0.39 is 0 Å². The fourth-order valence-electron chi connectivity index (χ4n) is 1.45. The van der Waals surface area contributed by atoms with Crippen molar-refractivity contribution in [1.82, 2.24) is 0 Å². The van der Waals surface area contributed by atoms with Gasteiger partial charge in [0.2, 0.25) is 0 Å². The van der Waals surface area contributed by atoms with E-state index in [1.807, 2.05) is 0 Å². The van der Waals surface area contributed by atoms with Crippen LogP contribution in [0.1, 0.15) is 65.7 Å². The van der Waals surface area contributed by atoms with E-state index in [4.69, 9.17) is 0 Å². The van der Waals surface area contributed by atoms with E-state index in [1.54, 1.807) is 0 Å². The first-order valence-electron chi connectivity index (χ1n) is 6.57. The summed E-state index contributed by atoms with van der Waals surface area (Å²) in [6.07, 6.45) is 18.2. The van der Waals surface area contributed by atoms with Crippen molar-refractivity contribution in [1.29, 1.82) is 0 Å². The van der Waals surface area contributed by atoms with Gasteiger partial charge in [-0.05, 0) is 38.0 Å². The number of hydrogen-bond acceptors (Lipinski definition) is 0. The molecule has 0 aromatic rings. The van der Waals surface area contributed by atoms with Crippen LogP contribution in [0.2, 0.25) is 0 Å². The Bertz CT molecular complexity index is 163. The normalized spacial score (nSPS) is 12.3. The van der Waals surface area contributed by atoms with Gasteiger partial charge in [-0.1, -0.05) is 57.9 Å². The van der Waals surface area contributed by atoms with Crippen molar-refractivity contribution < 1.29 is 0 Å². The molecule has 88 valence electrons. The molecule has 0 aromatic carbocycles. The Morgan fingerprint density at radius 1 is 0.867 bits per heavy atom. The lowest BCUT2D eigenvalue weighted by Gasteiger charge is -1.98. The first-order chi connectivity index (χ1) is 7.27. The molecule has 15 heavy (non-hydrogen) atoms. The quantitative estimate of drug-likeness (QED) is 0.346. The molecule has 0 aromatic heterocycles. The van der Waals surface area contributed by atoms with Crippen LogP contribution in [-0.4, -0.2) is 0 Å². The molecule has 0 aliphatic heterocycles. The van der Waals surface area contributed by atoms with Crippen LogP contribution in [0.5, 0.6) is 0 Å². The predicted octanol–water partition coefficient (Wildman–Crippen LogP) is 5.51. The summed E-state index contributed by atoms with van der Waals surface area (Å²) in [7, 11) is 0. The van der Waals surface area contributed by atoms with Crippen molar-refractivity contribution in [3.8, 4) is 0 Å². The highest BCUT2D eigenvalue weighted by atomic mass is 13.9. The van der Waals surface area contributed by atoms with E-state index in [1.165, 1.54) is 38.5 Å². The highest BCUT2D eigenvalue weighted by Crippen LogP contribution is 2.04. The van der Waals surface area contributed by atoms with Crippen molar-refractivity contribution >= 4 is 0 Å². The molecule has 0 N–H and O–H groups in total. The van der Waals surface area contributed by atoms with Gasteiger partial charge in [0.1, 0.15) is 0 Å². The summed E-state index contributed by atoms with van der Waals surface area (Å²) in [5.41, 5.74) is 0. The molecule has 0 rings (SSSR count). The minimum atomic E-state index is 0.833. The van der Waals surface area contributed by atoms with E-state index in [0.717, 1.165) is 12.3 Å². The molecule has 0 fully saturated rings. The van der Waals surface area contributed by atoms with Crippen LogP contribution in [0.25, 0.3) is 0 Å². The van der Waals surface area contributed by atoms with Crippen LogP contribution < -0.4 is 0 Å². The Morgan fingerprint density at radius 2 is 1.53 bits per heavy atom. The summed E-state index contributed by atoms with van der Waals surface area (Å²) in [5.74, 6) is 0.833. The molecule has 0 unspecified atom stereocenters. The predicted molar refractivity (Wildman–Crippen MR) is 71.1 cm³/mol. The number of rotatable bonds is 9. The van der Waals surface area contributed by atoms with Crippen molar-refractivity contribution in [2.24, 2.45) is 5.92 Å². The van der Waals surface area contributed by atoms with Crippen molar-refractivity contribution in [3.63, 3.8) is 0 Å². The Morgan fingerprint density at radius 3 is 2.13 bits per heavy atom. The molecule has 0 amide bonds. The molecular weight excluding hydrogens is 180 g/mol. The largest absolute Gasteiger partial charge is 0.0882 e. The lowest BCUT2D eigenvalue weighted by Crippen LogP contribution is -1.83. The molecule has 0 bridgehead atoms. The SMILES string of the molecule is CCCCC/C=C\C/C=C\CCC(C)C. The topological polar surface area (TPSA) is 0 Å².